The van der Waals surface area contributed by atoms with Gasteiger partial charge in [-0.25, -0.2) is 0 Å². The predicted octanol–water partition coefficient (Wildman–Crippen LogP) is 1.76. The Morgan fingerprint density at radius 3 is 3.05 bits per heavy atom. The van der Waals surface area contributed by atoms with Gasteiger partial charge in [0.25, 0.3) is 0 Å². The van der Waals surface area contributed by atoms with Gasteiger partial charge in [-0.1, -0.05) is 31.5 Å². The molecule has 2 unspecified atom stereocenters. The maximum Gasteiger partial charge on any atom is 0.226 e. The third-order valence-electron chi connectivity index (χ3n) is 3.93. The summed E-state index contributed by atoms with van der Waals surface area (Å²) in [5.74, 6) is 1.18. The van der Waals surface area contributed by atoms with Gasteiger partial charge in [-0.15, -0.1) is 0 Å². The van der Waals surface area contributed by atoms with Crippen LogP contribution in [0.2, 0.25) is 0 Å². The molecule has 1 aromatic rings. The van der Waals surface area contributed by atoms with Gasteiger partial charge in [0.1, 0.15) is 12.4 Å². The second-order valence-electron chi connectivity index (χ2n) is 5.35. The zero-order chi connectivity index (χ0) is 14.4. The average Bonchev–Trinajstić information content (AvgIpc) is 2.50. The van der Waals surface area contributed by atoms with Gasteiger partial charge < -0.3 is 15.2 Å². The molecule has 0 aliphatic carbocycles. The van der Waals surface area contributed by atoms with Crippen LogP contribution in [0.5, 0.6) is 5.75 Å². The second-order valence-corrected chi connectivity index (χ2v) is 5.35. The fourth-order valence-corrected chi connectivity index (χ4v) is 2.52. The number of hydrogen-bond donors (Lipinski definition) is 2. The first-order valence-corrected chi connectivity index (χ1v) is 7.33. The summed E-state index contributed by atoms with van der Waals surface area (Å²) < 4.78 is 5.64. The van der Waals surface area contributed by atoms with Crippen LogP contribution in [0.15, 0.2) is 24.3 Å². The number of fused-ring (bicyclic) bond motifs is 1. The normalized spacial score (nSPS) is 18.8. The van der Waals surface area contributed by atoms with Crippen LogP contribution in [0.25, 0.3) is 0 Å². The maximum absolute atomic E-state index is 12.2. The zero-order valence-electron chi connectivity index (χ0n) is 12.0. The lowest BCUT2D eigenvalue weighted by Gasteiger charge is -2.25. The van der Waals surface area contributed by atoms with Crippen molar-refractivity contribution in [1.82, 2.24) is 5.32 Å². The van der Waals surface area contributed by atoms with Gasteiger partial charge in [0.15, 0.2) is 0 Å². The first kappa shape index (κ1) is 14.9. The summed E-state index contributed by atoms with van der Waals surface area (Å²) in [6.07, 6.45) is 2.43. The number of nitrogens with one attached hydrogen (secondary N) is 1. The summed E-state index contributed by atoms with van der Waals surface area (Å²) in [4.78, 5) is 12.2. The SMILES string of the molecule is CCC(CCO)CNC(=O)C1COc2ccccc2C1. The van der Waals surface area contributed by atoms with E-state index in [9.17, 15) is 4.79 Å². The minimum absolute atomic E-state index is 0.0518. The minimum atomic E-state index is -0.114. The number of hydrogen-bond acceptors (Lipinski definition) is 3. The second kappa shape index (κ2) is 7.29. The quantitative estimate of drug-likeness (QED) is 0.833. The van der Waals surface area contributed by atoms with E-state index in [0.717, 1.165) is 30.6 Å². The van der Waals surface area contributed by atoms with E-state index in [-0.39, 0.29) is 18.4 Å². The Morgan fingerprint density at radius 2 is 2.30 bits per heavy atom. The van der Waals surface area contributed by atoms with Crippen molar-refractivity contribution < 1.29 is 14.6 Å². The molecule has 20 heavy (non-hydrogen) atoms. The number of benzene rings is 1. The lowest BCUT2D eigenvalue weighted by molar-refractivity contribution is -0.126. The van der Waals surface area contributed by atoms with Crippen LogP contribution >= 0.6 is 0 Å². The highest BCUT2D eigenvalue weighted by molar-refractivity contribution is 5.79. The molecule has 1 aromatic carbocycles. The standard InChI is InChI=1S/C16H23NO3/c1-2-12(7-8-18)10-17-16(19)14-9-13-5-3-4-6-15(13)20-11-14/h3-6,12,14,18H,2,7-11H2,1H3,(H,17,19). The molecule has 110 valence electrons. The number of amides is 1. The summed E-state index contributed by atoms with van der Waals surface area (Å²) in [5, 5.41) is 11.9. The lowest BCUT2D eigenvalue weighted by atomic mass is 9.95. The van der Waals surface area contributed by atoms with Crippen LogP contribution in [-0.2, 0) is 11.2 Å². The van der Waals surface area contributed by atoms with E-state index < -0.39 is 0 Å². The van der Waals surface area contributed by atoms with Crippen LogP contribution in [0.4, 0.5) is 0 Å². The van der Waals surface area contributed by atoms with Gasteiger partial charge >= 0.3 is 0 Å². The van der Waals surface area contributed by atoms with E-state index in [1.165, 1.54) is 0 Å². The van der Waals surface area contributed by atoms with Gasteiger partial charge in [0, 0.05) is 13.2 Å². The lowest BCUT2D eigenvalue weighted by Crippen LogP contribution is -2.39. The van der Waals surface area contributed by atoms with E-state index >= 15 is 0 Å². The van der Waals surface area contributed by atoms with Crippen molar-refractivity contribution in [2.24, 2.45) is 11.8 Å². The Morgan fingerprint density at radius 1 is 1.50 bits per heavy atom. The molecule has 0 fully saturated rings. The number of carbonyl (C=O) groups excluding carboxylic acids is 1. The molecule has 1 amide bonds. The first-order chi connectivity index (χ1) is 9.74. The van der Waals surface area contributed by atoms with Crippen molar-refractivity contribution >= 4 is 5.91 Å². The Labute approximate surface area is 120 Å². The van der Waals surface area contributed by atoms with Crippen molar-refractivity contribution in [3.63, 3.8) is 0 Å². The van der Waals surface area contributed by atoms with Gasteiger partial charge in [0.05, 0.1) is 5.92 Å². The molecule has 4 heteroatoms. The molecule has 0 saturated heterocycles. The fourth-order valence-electron chi connectivity index (χ4n) is 2.52. The maximum atomic E-state index is 12.2. The number of para-hydroxylation sites is 1. The van der Waals surface area contributed by atoms with Crippen molar-refractivity contribution in [3.05, 3.63) is 29.8 Å². The molecule has 1 aliphatic rings. The first-order valence-electron chi connectivity index (χ1n) is 7.33. The van der Waals surface area contributed by atoms with Crippen LogP contribution < -0.4 is 10.1 Å². The highest BCUT2D eigenvalue weighted by atomic mass is 16.5. The molecule has 4 nitrogen and oxygen atoms in total. The van der Waals surface area contributed by atoms with E-state index in [4.69, 9.17) is 9.84 Å². The molecule has 2 atom stereocenters. The van der Waals surface area contributed by atoms with Gasteiger partial charge in [-0.3, -0.25) is 4.79 Å². The Bertz CT molecular complexity index is 447. The monoisotopic (exact) mass is 277 g/mol. The predicted molar refractivity (Wildman–Crippen MR) is 77.6 cm³/mol. The highest BCUT2D eigenvalue weighted by Gasteiger charge is 2.25. The molecule has 1 heterocycles. The molecular weight excluding hydrogens is 254 g/mol. The smallest absolute Gasteiger partial charge is 0.226 e. The third kappa shape index (κ3) is 3.73. The van der Waals surface area contributed by atoms with Crippen LogP contribution in [0, 0.1) is 11.8 Å². The van der Waals surface area contributed by atoms with Crippen molar-refractivity contribution in [3.8, 4) is 5.75 Å². The van der Waals surface area contributed by atoms with Gasteiger partial charge in [-0.2, -0.15) is 0 Å². The zero-order valence-corrected chi connectivity index (χ0v) is 12.0. The summed E-state index contributed by atoms with van der Waals surface area (Å²) in [6.45, 7) is 3.33. The summed E-state index contributed by atoms with van der Waals surface area (Å²) in [6, 6.07) is 7.87. The van der Waals surface area contributed by atoms with E-state index in [1.54, 1.807) is 0 Å². The van der Waals surface area contributed by atoms with Gasteiger partial charge in [-0.05, 0) is 30.4 Å². The third-order valence-corrected chi connectivity index (χ3v) is 3.93. The molecular formula is C16H23NO3. The molecule has 0 saturated carbocycles. The average molecular weight is 277 g/mol. The summed E-state index contributed by atoms with van der Waals surface area (Å²) in [7, 11) is 0. The Balaban J connectivity index is 1.85. The topological polar surface area (TPSA) is 58.6 Å². The molecule has 0 spiro atoms. The molecule has 0 aromatic heterocycles. The highest BCUT2D eigenvalue weighted by Crippen LogP contribution is 2.26. The van der Waals surface area contributed by atoms with Crippen molar-refractivity contribution in [2.45, 2.75) is 26.2 Å². The Kier molecular flexibility index (Phi) is 5.41. The van der Waals surface area contributed by atoms with E-state index in [2.05, 4.69) is 12.2 Å². The summed E-state index contributed by atoms with van der Waals surface area (Å²) in [5.41, 5.74) is 1.10. The largest absolute Gasteiger partial charge is 0.492 e. The van der Waals surface area contributed by atoms with Crippen LogP contribution in [0.3, 0.4) is 0 Å². The van der Waals surface area contributed by atoms with Crippen molar-refractivity contribution in [1.29, 1.82) is 0 Å². The molecule has 0 bridgehead atoms. The summed E-state index contributed by atoms with van der Waals surface area (Å²) >= 11 is 0. The number of rotatable bonds is 6. The Hall–Kier alpha value is -1.55. The number of ether oxygens (including phenoxy) is 1. The minimum Gasteiger partial charge on any atom is -0.492 e. The molecule has 0 radical (unpaired) electrons. The van der Waals surface area contributed by atoms with Crippen LogP contribution in [0.1, 0.15) is 25.3 Å². The number of aliphatic hydroxyl groups is 1. The van der Waals surface area contributed by atoms with Crippen LogP contribution in [-0.4, -0.2) is 30.8 Å². The van der Waals surface area contributed by atoms with Crippen molar-refractivity contribution in [2.75, 3.05) is 19.8 Å². The van der Waals surface area contributed by atoms with Gasteiger partial charge in [0.2, 0.25) is 5.91 Å². The molecule has 2 rings (SSSR count). The number of aliphatic hydroxyl groups excluding tert-OH is 1. The number of carbonyl (C=O) groups is 1. The molecule has 2 N–H and O–H groups in total. The van der Waals surface area contributed by atoms with E-state index in [0.29, 0.717) is 19.1 Å². The van der Waals surface area contributed by atoms with E-state index in [1.807, 2.05) is 24.3 Å². The fraction of sp³-hybridized carbons (Fsp3) is 0.562. The molecule has 1 aliphatic heterocycles.